The van der Waals surface area contributed by atoms with Gasteiger partial charge in [-0.25, -0.2) is 0 Å². The van der Waals surface area contributed by atoms with E-state index < -0.39 is 17.4 Å². The third kappa shape index (κ3) is 2.98. The number of anilines is 1. The van der Waals surface area contributed by atoms with Crippen molar-refractivity contribution < 1.29 is 9.59 Å². The molecule has 0 saturated heterocycles. The van der Waals surface area contributed by atoms with E-state index in [0.29, 0.717) is 11.3 Å². The molecule has 18 heavy (non-hydrogen) atoms. The van der Waals surface area contributed by atoms with Crippen LogP contribution < -0.4 is 22.3 Å². The summed E-state index contributed by atoms with van der Waals surface area (Å²) in [5, 5.41) is 2.56. The Morgan fingerprint density at radius 3 is 2.39 bits per heavy atom. The van der Waals surface area contributed by atoms with Gasteiger partial charge in [0.1, 0.15) is 5.54 Å². The molecule has 0 heterocycles. The average Bonchev–Trinajstić information content (AvgIpc) is 2.28. The van der Waals surface area contributed by atoms with Crippen LogP contribution >= 0.6 is 0 Å². The lowest BCUT2D eigenvalue weighted by molar-refractivity contribution is -0.122. The molecule has 1 aromatic carbocycles. The lowest BCUT2D eigenvalue weighted by Crippen LogP contribution is -2.53. The molecular formula is C12H18N4O2. The van der Waals surface area contributed by atoms with Gasteiger partial charge in [0.05, 0.1) is 11.3 Å². The van der Waals surface area contributed by atoms with Gasteiger partial charge in [0, 0.05) is 0 Å². The minimum absolute atomic E-state index is 0.367. The molecule has 0 atom stereocenters. The molecule has 0 aliphatic heterocycles. The summed E-state index contributed by atoms with van der Waals surface area (Å²) in [5.74, 6) is 4.33. The molecule has 0 aliphatic rings. The minimum atomic E-state index is -1.12. The van der Waals surface area contributed by atoms with Crippen LogP contribution in [0.3, 0.4) is 0 Å². The van der Waals surface area contributed by atoms with Crippen molar-refractivity contribution in [3.8, 4) is 0 Å². The third-order valence-corrected chi connectivity index (χ3v) is 2.62. The van der Waals surface area contributed by atoms with E-state index in [-0.39, 0.29) is 0 Å². The number of aryl methyl sites for hydroxylation is 1. The first-order chi connectivity index (χ1) is 8.27. The highest BCUT2D eigenvalue weighted by Crippen LogP contribution is 2.17. The van der Waals surface area contributed by atoms with Gasteiger partial charge in [-0.05, 0) is 32.9 Å². The summed E-state index contributed by atoms with van der Waals surface area (Å²) in [6, 6.07) is 5.20. The normalized spacial score (nSPS) is 10.9. The number of nitrogen functional groups attached to an aromatic ring is 1. The van der Waals surface area contributed by atoms with Crippen LogP contribution in [0.25, 0.3) is 0 Å². The maximum Gasteiger partial charge on any atom is 0.254 e. The summed E-state index contributed by atoms with van der Waals surface area (Å²) in [6.45, 7) is 4.94. The maximum atomic E-state index is 12.1. The van der Waals surface area contributed by atoms with Crippen molar-refractivity contribution in [2.45, 2.75) is 26.3 Å². The Labute approximate surface area is 106 Å². The number of hydrazine groups is 1. The smallest absolute Gasteiger partial charge is 0.254 e. The van der Waals surface area contributed by atoms with Gasteiger partial charge >= 0.3 is 0 Å². The van der Waals surface area contributed by atoms with E-state index in [1.165, 1.54) is 0 Å². The van der Waals surface area contributed by atoms with E-state index in [4.69, 9.17) is 11.6 Å². The predicted octanol–water partition coefficient (Wildman–Crippen LogP) is 0.274. The van der Waals surface area contributed by atoms with Gasteiger partial charge in [0.15, 0.2) is 0 Å². The van der Waals surface area contributed by atoms with Crippen LogP contribution in [-0.4, -0.2) is 17.4 Å². The van der Waals surface area contributed by atoms with Crippen molar-refractivity contribution >= 4 is 17.5 Å². The van der Waals surface area contributed by atoms with Crippen molar-refractivity contribution in [3.63, 3.8) is 0 Å². The Morgan fingerprint density at radius 1 is 1.28 bits per heavy atom. The summed E-state index contributed by atoms with van der Waals surface area (Å²) < 4.78 is 0. The van der Waals surface area contributed by atoms with Gasteiger partial charge in [-0.15, -0.1) is 0 Å². The molecule has 2 amide bonds. The molecule has 0 unspecified atom stereocenters. The molecule has 0 bridgehead atoms. The highest BCUT2D eigenvalue weighted by molar-refractivity contribution is 6.02. The van der Waals surface area contributed by atoms with E-state index >= 15 is 0 Å². The Morgan fingerprint density at radius 2 is 1.89 bits per heavy atom. The number of primary amides is 1. The van der Waals surface area contributed by atoms with E-state index in [0.717, 1.165) is 5.56 Å². The molecular weight excluding hydrogens is 232 g/mol. The fourth-order valence-corrected chi connectivity index (χ4v) is 1.38. The van der Waals surface area contributed by atoms with Gasteiger partial charge < -0.3 is 16.5 Å². The van der Waals surface area contributed by atoms with Crippen LogP contribution in [0.1, 0.15) is 29.8 Å². The Kier molecular flexibility index (Phi) is 3.93. The molecule has 6 N–H and O–H groups in total. The maximum absolute atomic E-state index is 12.1. The largest absolute Gasteiger partial charge is 0.368 e. The first kappa shape index (κ1) is 14.0. The van der Waals surface area contributed by atoms with Crippen LogP contribution in [0.5, 0.6) is 0 Å². The summed E-state index contributed by atoms with van der Waals surface area (Å²) in [6.07, 6.45) is 0. The summed E-state index contributed by atoms with van der Waals surface area (Å²) in [7, 11) is 0. The van der Waals surface area contributed by atoms with Gasteiger partial charge in [-0.1, -0.05) is 11.6 Å². The number of carbonyl (C=O) groups excluding carboxylic acids is 2. The summed E-state index contributed by atoms with van der Waals surface area (Å²) in [5.41, 5.74) is 8.29. The van der Waals surface area contributed by atoms with E-state index in [9.17, 15) is 9.59 Å². The third-order valence-electron chi connectivity index (χ3n) is 2.62. The second kappa shape index (κ2) is 5.05. The molecule has 0 aromatic heterocycles. The Hall–Kier alpha value is -2.08. The van der Waals surface area contributed by atoms with Gasteiger partial charge in [0.2, 0.25) is 5.91 Å². The molecule has 0 aliphatic carbocycles. The first-order valence-electron chi connectivity index (χ1n) is 5.47. The fourth-order valence-electron chi connectivity index (χ4n) is 1.38. The molecule has 98 valence electrons. The minimum Gasteiger partial charge on any atom is -0.368 e. The van der Waals surface area contributed by atoms with Crippen LogP contribution in [0.15, 0.2) is 18.2 Å². The SMILES string of the molecule is Cc1ccc(NN)c(C(=O)NC(C)(C)C(N)=O)c1. The number of amides is 2. The van der Waals surface area contributed by atoms with E-state index in [2.05, 4.69) is 10.7 Å². The standard InChI is InChI=1S/C12H18N4O2/c1-7-4-5-9(16-14)8(6-7)10(17)15-12(2,3)11(13)18/h4-6,16H,14H2,1-3H3,(H2,13,18)(H,15,17). The van der Waals surface area contributed by atoms with E-state index in [1.54, 1.807) is 26.0 Å². The fraction of sp³-hybridized carbons (Fsp3) is 0.333. The van der Waals surface area contributed by atoms with Crippen LogP contribution in [-0.2, 0) is 4.79 Å². The van der Waals surface area contributed by atoms with Gasteiger partial charge in [-0.3, -0.25) is 15.4 Å². The highest BCUT2D eigenvalue weighted by atomic mass is 16.2. The Bertz CT molecular complexity index is 483. The molecule has 1 rings (SSSR count). The lowest BCUT2D eigenvalue weighted by Gasteiger charge is -2.23. The summed E-state index contributed by atoms with van der Waals surface area (Å²) in [4.78, 5) is 23.3. The van der Waals surface area contributed by atoms with Crippen molar-refractivity contribution in [1.29, 1.82) is 0 Å². The molecule has 6 heteroatoms. The molecule has 0 spiro atoms. The second-order valence-corrected chi connectivity index (χ2v) is 4.64. The second-order valence-electron chi connectivity index (χ2n) is 4.64. The van der Waals surface area contributed by atoms with Crippen molar-refractivity contribution in [2.24, 2.45) is 11.6 Å². The number of nitrogens with two attached hydrogens (primary N) is 2. The van der Waals surface area contributed by atoms with Crippen LogP contribution in [0.2, 0.25) is 0 Å². The molecule has 0 fully saturated rings. The van der Waals surface area contributed by atoms with Gasteiger partial charge in [0.25, 0.3) is 5.91 Å². The zero-order valence-electron chi connectivity index (χ0n) is 10.7. The number of carbonyl (C=O) groups is 2. The summed E-state index contributed by atoms with van der Waals surface area (Å²) >= 11 is 0. The molecule has 0 radical (unpaired) electrons. The predicted molar refractivity (Wildman–Crippen MR) is 69.7 cm³/mol. The quantitative estimate of drug-likeness (QED) is 0.454. The number of nitrogens with one attached hydrogen (secondary N) is 2. The highest BCUT2D eigenvalue weighted by Gasteiger charge is 2.28. The van der Waals surface area contributed by atoms with Crippen LogP contribution in [0, 0.1) is 6.92 Å². The number of benzene rings is 1. The van der Waals surface area contributed by atoms with Crippen molar-refractivity contribution in [2.75, 3.05) is 5.43 Å². The Balaban J connectivity index is 3.04. The zero-order chi connectivity index (χ0) is 13.9. The zero-order valence-corrected chi connectivity index (χ0v) is 10.7. The van der Waals surface area contributed by atoms with Crippen molar-refractivity contribution in [3.05, 3.63) is 29.3 Å². The molecule has 6 nitrogen and oxygen atoms in total. The lowest BCUT2D eigenvalue weighted by atomic mass is 10.0. The van der Waals surface area contributed by atoms with Crippen molar-refractivity contribution in [1.82, 2.24) is 5.32 Å². The van der Waals surface area contributed by atoms with Gasteiger partial charge in [-0.2, -0.15) is 0 Å². The van der Waals surface area contributed by atoms with E-state index in [1.807, 2.05) is 13.0 Å². The molecule has 1 aromatic rings. The first-order valence-corrected chi connectivity index (χ1v) is 5.47. The topological polar surface area (TPSA) is 110 Å². The number of rotatable bonds is 4. The average molecular weight is 250 g/mol. The monoisotopic (exact) mass is 250 g/mol. The number of hydrogen-bond donors (Lipinski definition) is 4. The number of hydrogen-bond acceptors (Lipinski definition) is 4. The van der Waals surface area contributed by atoms with Crippen LogP contribution in [0.4, 0.5) is 5.69 Å². The molecule has 0 saturated carbocycles.